The summed E-state index contributed by atoms with van der Waals surface area (Å²) in [6.07, 6.45) is 3.88. The van der Waals surface area contributed by atoms with Crippen LogP contribution in [0.2, 0.25) is 5.02 Å². The second-order valence-corrected chi connectivity index (χ2v) is 5.97. The fourth-order valence-corrected chi connectivity index (χ4v) is 3.08. The van der Waals surface area contributed by atoms with Crippen molar-refractivity contribution in [2.24, 2.45) is 5.84 Å². The van der Waals surface area contributed by atoms with Gasteiger partial charge < -0.3 is 0 Å². The molecule has 21 heavy (non-hydrogen) atoms. The highest BCUT2D eigenvalue weighted by atomic mass is 35.5. The molecule has 1 saturated carbocycles. The molecule has 0 aromatic heterocycles. The summed E-state index contributed by atoms with van der Waals surface area (Å²) in [5.74, 6) is 6.04. The first-order valence-electron chi connectivity index (χ1n) is 7.20. The number of rotatable bonds is 4. The maximum absolute atomic E-state index is 13.2. The van der Waals surface area contributed by atoms with Crippen LogP contribution >= 0.6 is 11.6 Å². The van der Waals surface area contributed by atoms with Crippen molar-refractivity contribution in [1.29, 1.82) is 0 Å². The fourth-order valence-electron chi connectivity index (χ4n) is 2.80. The van der Waals surface area contributed by atoms with Crippen LogP contribution in [0, 0.1) is 5.82 Å². The molecule has 1 fully saturated rings. The van der Waals surface area contributed by atoms with Crippen LogP contribution in [-0.2, 0) is 0 Å². The summed E-state index contributed by atoms with van der Waals surface area (Å²) >= 11 is 6.13. The zero-order chi connectivity index (χ0) is 14.8. The molecule has 1 atom stereocenters. The predicted octanol–water partition coefficient (Wildman–Crippen LogP) is 4.30. The van der Waals surface area contributed by atoms with Crippen LogP contribution in [0.15, 0.2) is 42.5 Å². The molecule has 2 nitrogen and oxygen atoms in total. The van der Waals surface area contributed by atoms with E-state index in [4.69, 9.17) is 17.4 Å². The fraction of sp³-hybridized carbons (Fsp3) is 0.294. The molecule has 0 amide bonds. The molecule has 2 aromatic rings. The van der Waals surface area contributed by atoms with Gasteiger partial charge in [0.05, 0.1) is 6.04 Å². The molecule has 0 radical (unpaired) electrons. The smallest absolute Gasteiger partial charge is 0.124 e. The Morgan fingerprint density at radius 2 is 1.86 bits per heavy atom. The van der Waals surface area contributed by atoms with Gasteiger partial charge in [-0.3, -0.25) is 5.84 Å². The van der Waals surface area contributed by atoms with E-state index in [9.17, 15) is 4.39 Å². The minimum Gasteiger partial charge on any atom is -0.271 e. The van der Waals surface area contributed by atoms with E-state index in [0.717, 1.165) is 11.1 Å². The van der Waals surface area contributed by atoms with E-state index in [1.807, 2.05) is 0 Å². The highest BCUT2D eigenvalue weighted by molar-refractivity contribution is 6.31. The molecule has 1 unspecified atom stereocenters. The van der Waals surface area contributed by atoms with Crippen LogP contribution < -0.4 is 11.3 Å². The van der Waals surface area contributed by atoms with Crippen molar-refractivity contribution < 1.29 is 4.39 Å². The Hall–Kier alpha value is -1.42. The van der Waals surface area contributed by atoms with Crippen molar-refractivity contribution in [3.05, 3.63) is 70.0 Å². The minimum absolute atomic E-state index is 0.242. The van der Waals surface area contributed by atoms with E-state index in [1.54, 1.807) is 6.07 Å². The lowest BCUT2D eigenvalue weighted by Gasteiger charge is -2.26. The lowest BCUT2D eigenvalue weighted by molar-refractivity contribution is 0.419. The van der Waals surface area contributed by atoms with E-state index in [2.05, 4.69) is 29.7 Å². The normalized spacial score (nSPS) is 16.5. The van der Waals surface area contributed by atoms with E-state index in [1.165, 1.54) is 37.0 Å². The maximum atomic E-state index is 13.2. The monoisotopic (exact) mass is 304 g/mol. The second-order valence-electron chi connectivity index (χ2n) is 5.56. The predicted molar refractivity (Wildman–Crippen MR) is 83.6 cm³/mol. The van der Waals surface area contributed by atoms with Crippen LogP contribution in [-0.4, -0.2) is 0 Å². The van der Waals surface area contributed by atoms with Crippen LogP contribution in [0.5, 0.6) is 0 Å². The number of nitrogens with two attached hydrogens (primary N) is 1. The zero-order valence-electron chi connectivity index (χ0n) is 11.7. The molecular weight excluding hydrogens is 287 g/mol. The van der Waals surface area contributed by atoms with Gasteiger partial charge in [-0.15, -0.1) is 0 Å². The highest BCUT2D eigenvalue weighted by Gasteiger charge is 2.20. The van der Waals surface area contributed by atoms with Crippen LogP contribution in [0.3, 0.4) is 0 Å². The quantitative estimate of drug-likeness (QED) is 0.653. The van der Waals surface area contributed by atoms with Gasteiger partial charge in [0.25, 0.3) is 0 Å². The summed E-state index contributed by atoms with van der Waals surface area (Å²) < 4.78 is 13.2. The van der Waals surface area contributed by atoms with Gasteiger partial charge in [-0.25, -0.2) is 9.82 Å². The Morgan fingerprint density at radius 1 is 1.14 bits per heavy atom. The topological polar surface area (TPSA) is 38.0 Å². The first kappa shape index (κ1) is 14.5. The van der Waals surface area contributed by atoms with Crippen molar-refractivity contribution in [2.45, 2.75) is 31.2 Å². The Morgan fingerprint density at radius 3 is 2.38 bits per heavy atom. The van der Waals surface area contributed by atoms with E-state index in [-0.39, 0.29) is 11.9 Å². The molecule has 3 rings (SSSR count). The van der Waals surface area contributed by atoms with Gasteiger partial charge in [-0.1, -0.05) is 48.4 Å². The third kappa shape index (κ3) is 2.95. The van der Waals surface area contributed by atoms with Gasteiger partial charge >= 0.3 is 0 Å². The number of hydrazine groups is 1. The standard InChI is InChI=1S/C17H18ClFN2/c18-16-10-14(19)8-9-15(16)17(21-20)13-6-4-12(5-7-13)11-2-1-3-11/h4-11,17,21H,1-3,20H2. The zero-order valence-corrected chi connectivity index (χ0v) is 12.4. The van der Waals surface area contributed by atoms with E-state index < -0.39 is 0 Å². The molecule has 0 spiro atoms. The highest BCUT2D eigenvalue weighted by Crippen LogP contribution is 2.37. The number of benzene rings is 2. The SMILES string of the molecule is NNC(c1ccc(C2CCC2)cc1)c1ccc(F)cc1Cl. The summed E-state index contributed by atoms with van der Waals surface area (Å²) in [6.45, 7) is 0. The van der Waals surface area contributed by atoms with Gasteiger partial charge in [0.2, 0.25) is 0 Å². The average Bonchev–Trinajstić information content (AvgIpc) is 2.42. The summed E-state index contributed by atoms with van der Waals surface area (Å²) in [5.41, 5.74) is 5.94. The summed E-state index contributed by atoms with van der Waals surface area (Å²) in [7, 11) is 0. The van der Waals surface area contributed by atoms with Gasteiger partial charge in [0.1, 0.15) is 5.82 Å². The Kier molecular flexibility index (Phi) is 4.24. The molecule has 0 heterocycles. The molecular formula is C17H18ClFN2. The van der Waals surface area contributed by atoms with Gasteiger partial charge in [0.15, 0.2) is 0 Å². The summed E-state index contributed by atoms with van der Waals surface area (Å²) in [6, 6.07) is 12.6. The second kappa shape index (κ2) is 6.14. The molecule has 0 aliphatic heterocycles. The average molecular weight is 305 g/mol. The first-order chi connectivity index (χ1) is 10.2. The number of hydrogen-bond donors (Lipinski definition) is 2. The lowest BCUT2D eigenvalue weighted by atomic mass is 9.79. The van der Waals surface area contributed by atoms with Crippen LogP contribution in [0.25, 0.3) is 0 Å². The van der Waals surface area contributed by atoms with Gasteiger partial charge in [0, 0.05) is 5.02 Å². The molecule has 4 heteroatoms. The third-order valence-electron chi connectivity index (χ3n) is 4.29. The minimum atomic E-state index is -0.347. The number of halogens is 2. The molecule has 110 valence electrons. The van der Waals surface area contributed by atoms with Gasteiger partial charge in [-0.05, 0) is 47.6 Å². The third-order valence-corrected chi connectivity index (χ3v) is 4.61. The first-order valence-corrected chi connectivity index (χ1v) is 7.58. The molecule has 0 bridgehead atoms. The van der Waals surface area contributed by atoms with E-state index in [0.29, 0.717) is 10.9 Å². The summed E-state index contributed by atoms with van der Waals surface area (Å²) in [5, 5.41) is 0.376. The molecule has 3 N–H and O–H groups in total. The number of nitrogens with one attached hydrogen (secondary N) is 1. The molecule has 0 saturated heterocycles. The summed E-state index contributed by atoms with van der Waals surface area (Å²) in [4.78, 5) is 0. The van der Waals surface area contributed by atoms with Crippen molar-refractivity contribution in [1.82, 2.24) is 5.43 Å². The van der Waals surface area contributed by atoms with Crippen LogP contribution in [0.4, 0.5) is 4.39 Å². The Labute approximate surface area is 129 Å². The Bertz CT molecular complexity index is 623. The van der Waals surface area contributed by atoms with Crippen molar-refractivity contribution >= 4 is 11.6 Å². The van der Waals surface area contributed by atoms with Crippen LogP contribution in [0.1, 0.15) is 47.9 Å². The van der Waals surface area contributed by atoms with Gasteiger partial charge in [-0.2, -0.15) is 0 Å². The van der Waals surface area contributed by atoms with Crippen molar-refractivity contribution in [2.75, 3.05) is 0 Å². The molecule has 1 aliphatic rings. The molecule has 2 aromatic carbocycles. The largest absolute Gasteiger partial charge is 0.271 e. The van der Waals surface area contributed by atoms with Crippen molar-refractivity contribution in [3.8, 4) is 0 Å². The van der Waals surface area contributed by atoms with Crippen molar-refractivity contribution in [3.63, 3.8) is 0 Å². The van der Waals surface area contributed by atoms with E-state index >= 15 is 0 Å². The maximum Gasteiger partial charge on any atom is 0.124 e. The Balaban J connectivity index is 1.88. The number of hydrogen-bond acceptors (Lipinski definition) is 2. The molecule has 1 aliphatic carbocycles. The lowest BCUT2D eigenvalue weighted by Crippen LogP contribution is -2.29.